The minimum atomic E-state index is -0.513. The molecule has 0 aliphatic carbocycles. The zero-order chi connectivity index (χ0) is 21.8. The number of aromatic nitrogens is 4. The van der Waals surface area contributed by atoms with E-state index in [4.69, 9.17) is 0 Å². The number of nitrogens with one attached hydrogen (secondary N) is 2. The molecule has 2 N–H and O–H groups in total. The number of carbonyl (C=O) groups is 2. The van der Waals surface area contributed by atoms with Gasteiger partial charge in [0.15, 0.2) is 0 Å². The first-order valence-corrected chi connectivity index (χ1v) is 8.81. The molecule has 1 aromatic carbocycles. The normalized spacial score (nSPS) is 10.9. The van der Waals surface area contributed by atoms with Crippen molar-refractivity contribution in [1.82, 2.24) is 19.6 Å². The fourth-order valence-electron chi connectivity index (χ4n) is 2.69. The van der Waals surface area contributed by atoms with Gasteiger partial charge < -0.3 is 10.6 Å². The summed E-state index contributed by atoms with van der Waals surface area (Å²) in [5.74, 6) is -0.967. The number of carbonyl (C=O) groups excluding carboxylic acids is 2. The number of nitro benzene ring substituents is 1. The van der Waals surface area contributed by atoms with E-state index in [1.165, 1.54) is 47.4 Å². The van der Waals surface area contributed by atoms with Crippen LogP contribution < -0.4 is 10.6 Å². The Morgan fingerprint density at radius 3 is 2.47 bits per heavy atom. The second-order valence-corrected chi connectivity index (χ2v) is 6.43. The minimum Gasteiger partial charge on any atom is -0.319 e. The second-order valence-electron chi connectivity index (χ2n) is 6.43. The van der Waals surface area contributed by atoms with E-state index in [1.54, 1.807) is 24.8 Å². The smallest absolute Gasteiger partial charge is 0.276 e. The van der Waals surface area contributed by atoms with Crippen molar-refractivity contribution in [2.24, 2.45) is 14.1 Å². The van der Waals surface area contributed by atoms with E-state index >= 15 is 0 Å². The van der Waals surface area contributed by atoms with Crippen LogP contribution in [0, 0.1) is 17.0 Å². The highest BCUT2D eigenvalue weighted by atomic mass is 16.6. The van der Waals surface area contributed by atoms with Gasteiger partial charge in [-0.25, -0.2) is 0 Å². The Hall–Kier alpha value is -4.28. The Bertz CT molecular complexity index is 1160. The Morgan fingerprint density at radius 1 is 1.10 bits per heavy atom. The van der Waals surface area contributed by atoms with Crippen LogP contribution in [0.25, 0.3) is 6.08 Å². The summed E-state index contributed by atoms with van der Waals surface area (Å²) in [5.41, 5.74) is 2.13. The largest absolute Gasteiger partial charge is 0.319 e. The molecular formula is C19H19N7O4. The molecule has 0 aliphatic rings. The fraction of sp³-hybridized carbons (Fsp3) is 0.158. The van der Waals surface area contributed by atoms with Gasteiger partial charge in [0.05, 0.1) is 34.4 Å². The SMILES string of the molecule is Cc1c(NC(=O)c2c(NC(=O)/C=C/c3cccc([N+](=O)[O-])c3)cnn2C)cnn1C. The molecule has 0 radical (unpaired) electrons. The van der Waals surface area contributed by atoms with Crippen LogP contribution in [-0.4, -0.2) is 36.3 Å². The molecule has 11 heteroatoms. The highest BCUT2D eigenvalue weighted by Gasteiger charge is 2.19. The number of hydrogen-bond acceptors (Lipinski definition) is 6. The zero-order valence-corrected chi connectivity index (χ0v) is 16.5. The summed E-state index contributed by atoms with van der Waals surface area (Å²) in [6, 6.07) is 5.88. The number of amides is 2. The average molecular weight is 409 g/mol. The van der Waals surface area contributed by atoms with Crippen molar-refractivity contribution in [2.75, 3.05) is 10.6 Å². The molecule has 0 atom stereocenters. The second kappa shape index (κ2) is 8.39. The number of non-ortho nitro benzene ring substituents is 1. The fourth-order valence-corrected chi connectivity index (χ4v) is 2.69. The van der Waals surface area contributed by atoms with Gasteiger partial charge in [-0.2, -0.15) is 10.2 Å². The van der Waals surface area contributed by atoms with Crippen molar-refractivity contribution < 1.29 is 14.5 Å². The number of benzene rings is 1. The zero-order valence-electron chi connectivity index (χ0n) is 16.5. The van der Waals surface area contributed by atoms with Gasteiger partial charge in [-0.15, -0.1) is 0 Å². The third-order valence-corrected chi connectivity index (χ3v) is 4.40. The summed E-state index contributed by atoms with van der Waals surface area (Å²) in [6.07, 6.45) is 5.56. The summed E-state index contributed by atoms with van der Waals surface area (Å²) in [6.45, 7) is 1.81. The van der Waals surface area contributed by atoms with Crippen LogP contribution in [0.5, 0.6) is 0 Å². The van der Waals surface area contributed by atoms with Crippen LogP contribution in [0.3, 0.4) is 0 Å². The topological polar surface area (TPSA) is 137 Å². The highest BCUT2D eigenvalue weighted by molar-refractivity contribution is 6.10. The first kappa shape index (κ1) is 20.5. The summed E-state index contributed by atoms with van der Waals surface area (Å²) >= 11 is 0. The molecule has 0 spiro atoms. The van der Waals surface area contributed by atoms with Crippen LogP contribution in [0.15, 0.2) is 42.7 Å². The first-order chi connectivity index (χ1) is 14.3. The van der Waals surface area contributed by atoms with E-state index in [9.17, 15) is 19.7 Å². The Labute approximate surface area is 171 Å². The van der Waals surface area contributed by atoms with Gasteiger partial charge in [0.2, 0.25) is 5.91 Å². The molecule has 2 amide bonds. The molecule has 3 aromatic rings. The lowest BCUT2D eigenvalue weighted by atomic mass is 10.2. The highest BCUT2D eigenvalue weighted by Crippen LogP contribution is 2.19. The quantitative estimate of drug-likeness (QED) is 0.364. The lowest BCUT2D eigenvalue weighted by Gasteiger charge is -2.08. The number of nitrogens with zero attached hydrogens (tertiary/aromatic N) is 5. The number of hydrogen-bond donors (Lipinski definition) is 2. The Morgan fingerprint density at radius 2 is 1.80 bits per heavy atom. The predicted octanol–water partition coefficient (Wildman–Crippen LogP) is 2.27. The van der Waals surface area contributed by atoms with E-state index in [0.717, 1.165) is 5.69 Å². The predicted molar refractivity (Wildman–Crippen MR) is 110 cm³/mol. The number of aryl methyl sites for hydroxylation is 2. The summed E-state index contributed by atoms with van der Waals surface area (Å²) in [5, 5.41) is 24.3. The van der Waals surface area contributed by atoms with Crippen molar-refractivity contribution in [3.8, 4) is 0 Å². The monoisotopic (exact) mass is 409 g/mol. The molecule has 30 heavy (non-hydrogen) atoms. The molecule has 0 saturated heterocycles. The van der Waals surface area contributed by atoms with Gasteiger partial charge in [-0.1, -0.05) is 12.1 Å². The number of rotatable bonds is 6. The molecule has 3 rings (SSSR count). The lowest BCUT2D eigenvalue weighted by molar-refractivity contribution is -0.384. The van der Waals surface area contributed by atoms with Crippen LogP contribution in [0.4, 0.5) is 17.1 Å². The number of anilines is 2. The Balaban J connectivity index is 1.73. The third kappa shape index (κ3) is 4.41. The van der Waals surface area contributed by atoms with Crippen molar-refractivity contribution in [3.05, 3.63) is 69.8 Å². The van der Waals surface area contributed by atoms with Gasteiger partial charge in [-0.3, -0.25) is 29.1 Å². The molecule has 0 bridgehead atoms. The van der Waals surface area contributed by atoms with Crippen LogP contribution in [-0.2, 0) is 18.9 Å². The van der Waals surface area contributed by atoms with Crippen LogP contribution >= 0.6 is 0 Å². The van der Waals surface area contributed by atoms with Crippen molar-refractivity contribution in [1.29, 1.82) is 0 Å². The standard InChI is InChI=1S/C19H19N7O4/c1-12-15(10-20-24(12)2)23-19(28)18-16(11-21-25(18)3)22-17(27)8-7-13-5-4-6-14(9-13)26(29)30/h4-11H,1-3H3,(H,22,27)(H,23,28)/b8-7+. The summed E-state index contributed by atoms with van der Waals surface area (Å²) < 4.78 is 2.97. The van der Waals surface area contributed by atoms with Crippen molar-refractivity contribution in [2.45, 2.75) is 6.92 Å². The van der Waals surface area contributed by atoms with Gasteiger partial charge in [0.25, 0.3) is 11.6 Å². The molecular weight excluding hydrogens is 390 g/mol. The maximum atomic E-state index is 12.7. The van der Waals surface area contributed by atoms with Crippen molar-refractivity contribution >= 4 is 35.0 Å². The molecule has 154 valence electrons. The molecule has 0 saturated carbocycles. The summed E-state index contributed by atoms with van der Waals surface area (Å²) in [7, 11) is 3.34. The molecule has 2 heterocycles. The average Bonchev–Trinajstić information content (AvgIpc) is 3.23. The lowest BCUT2D eigenvalue weighted by Crippen LogP contribution is -2.19. The van der Waals surface area contributed by atoms with E-state index in [0.29, 0.717) is 11.3 Å². The van der Waals surface area contributed by atoms with E-state index < -0.39 is 16.7 Å². The van der Waals surface area contributed by atoms with E-state index in [2.05, 4.69) is 20.8 Å². The van der Waals surface area contributed by atoms with Crippen LogP contribution in [0.1, 0.15) is 21.7 Å². The maximum absolute atomic E-state index is 12.7. The molecule has 0 fully saturated rings. The summed E-state index contributed by atoms with van der Waals surface area (Å²) in [4.78, 5) is 35.3. The van der Waals surface area contributed by atoms with Crippen molar-refractivity contribution in [3.63, 3.8) is 0 Å². The van der Waals surface area contributed by atoms with E-state index in [1.807, 2.05) is 6.92 Å². The van der Waals surface area contributed by atoms with Gasteiger partial charge in [0.1, 0.15) is 5.69 Å². The van der Waals surface area contributed by atoms with Crippen LogP contribution in [0.2, 0.25) is 0 Å². The first-order valence-electron chi connectivity index (χ1n) is 8.81. The van der Waals surface area contributed by atoms with Gasteiger partial charge >= 0.3 is 0 Å². The molecule has 2 aromatic heterocycles. The minimum absolute atomic E-state index is 0.0746. The molecule has 11 nitrogen and oxygen atoms in total. The maximum Gasteiger partial charge on any atom is 0.276 e. The Kier molecular flexibility index (Phi) is 5.72. The van der Waals surface area contributed by atoms with Gasteiger partial charge in [-0.05, 0) is 18.6 Å². The van der Waals surface area contributed by atoms with E-state index in [-0.39, 0.29) is 17.1 Å². The molecule has 0 unspecified atom stereocenters. The molecule has 0 aliphatic heterocycles. The third-order valence-electron chi connectivity index (χ3n) is 4.40. The number of nitro groups is 1. The van der Waals surface area contributed by atoms with Gasteiger partial charge in [0, 0.05) is 32.3 Å².